The van der Waals surface area contributed by atoms with Crippen LogP contribution in [0.2, 0.25) is 0 Å². The zero-order valence-corrected chi connectivity index (χ0v) is 26.4. The maximum absolute atomic E-state index is 15.1. The standard InChI is InChI=1S/C30H37F5N6O3S/c1-29(2,17-42)27(39-37-3)19-10-13-22(26(32)25(19)31)45-15-7-6-8-18(9-14-24(43)38-36)20-11-12-21(44-5)28-40(4)23(16-41(20)28)30(33,34)35/h9-14,16-18,28,37H,6-8,15,36H2,1-5H3,(H,38,43)/b14-9-,39-27-. The van der Waals surface area contributed by atoms with Gasteiger partial charge in [-0.3, -0.25) is 10.2 Å². The molecule has 1 aromatic rings. The van der Waals surface area contributed by atoms with E-state index in [0.717, 1.165) is 22.9 Å². The van der Waals surface area contributed by atoms with Crippen molar-refractivity contribution < 1.29 is 36.3 Å². The van der Waals surface area contributed by atoms with Crippen LogP contribution in [-0.2, 0) is 14.3 Å². The summed E-state index contributed by atoms with van der Waals surface area (Å²) < 4.78 is 76.8. The average molecular weight is 657 g/mol. The van der Waals surface area contributed by atoms with Crippen LogP contribution in [0.5, 0.6) is 0 Å². The van der Waals surface area contributed by atoms with E-state index in [1.165, 1.54) is 44.3 Å². The lowest BCUT2D eigenvalue weighted by Gasteiger charge is -2.38. The highest BCUT2D eigenvalue weighted by molar-refractivity contribution is 7.99. The van der Waals surface area contributed by atoms with E-state index in [1.807, 2.05) is 5.43 Å². The van der Waals surface area contributed by atoms with Crippen molar-refractivity contribution in [3.8, 4) is 0 Å². The highest BCUT2D eigenvalue weighted by Gasteiger charge is 2.48. The number of nitrogens with zero attached hydrogens (tertiary/aromatic N) is 3. The second-order valence-electron chi connectivity index (χ2n) is 10.8. The maximum Gasteiger partial charge on any atom is 0.432 e. The number of carbonyl (C=O) groups excluding carboxylic acids is 2. The number of benzene rings is 1. The third-order valence-electron chi connectivity index (χ3n) is 7.37. The van der Waals surface area contributed by atoms with E-state index in [-0.39, 0.29) is 16.2 Å². The number of nitrogens with one attached hydrogen (secondary N) is 2. The van der Waals surface area contributed by atoms with E-state index in [9.17, 15) is 22.8 Å². The maximum atomic E-state index is 15.1. The Morgan fingerprint density at radius 2 is 1.91 bits per heavy atom. The summed E-state index contributed by atoms with van der Waals surface area (Å²) in [6.45, 7) is 3.09. The molecule has 0 saturated heterocycles. The molecule has 1 amide bonds. The Morgan fingerprint density at radius 1 is 1.20 bits per heavy atom. The number of hydrazone groups is 1. The molecular formula is C30H37F5N6O3S. The van der Waals surface area contributed by atoms with Gasteiger partial charge in [-0.25, -0.2) is 14.6 Å². The molecule has 0 saturated carbocycles. The number of aldehydes is 1. The molecule has 0 spiro atoms. The lowest BCUT2D eigenvalue weighted by atomic mass is 9.84. The summed E-state index contributed by atoms with van der Waals surface area (Å²) in [6, 6.07) is 2.82. The number of hydrogen-bond donors (Lipinski definition) is 3. The van der Waals surface area contributed by atoms with E-state index in [1.54, 1.807) is 32.1 Å². The number of ether oxygens (including phenoxy) is 1. The number of carbonyl (C=O) groups is 2. The summed E-state index contributed by atoms with van der Waals surface area (Å²) in [6.07, 6.45) is 3.73. The zero-order chi connectivity index (χ0) is 33.5. The fourth-order valence-electron chi connectivity index (χ4n) is 5.04. The lowest BCUT2D eigenvalue weighted by molar-refractivity contribution is -0.116. The Morgan fingerprint density at radius 3 is 2.51 bits per heavy atom. The first-order valence-electron chi connectivity index (χ1n) is 14.0. The van der Waals surface area contributed by atoms with Gasteiger partial charge in [0.05, 0.1) is 18.2 Å². The van der Waals surface area contributed by atoms with Gasteiger partial charge in [-0.1, -0.05) is 12.5 Å². The summed E-state index contributed by atoms with van der Waals surface area (Å²) in [7, 11) is 4.20. The fraction of sp³-hybridized carbons (Fsp3) is 0.433. The number of rotatable bonds is 14. The normalized spacial score (nSPS) is 17.9. The van der Waals surface area contributed by atoms with E-state index in [0.29, 0.717) is 42.8 Å². The van der Waals surface area contributed by atoms with Crippen LogP contribution in [0.3, 0.4) is 0 Å². The number of amides is 1. The Bertz CT molecular complexity index is 1420. The monoisotopic (exact) mass is 656 g/mol. The van der Waals surface area contributed by atoms with E-state index < -0.39 is 46.9 Å². The number of allylic oxidation sites excluding steroid dienone is 4. The number of thioether (sulfide) groups is 1. The molecule has 4 N–H and O–H groups in total. The topological polar surface area (TPSA) is 112 Å². The van der Waals surface area contributed by atoms with Gasteiger partial charge >= 0.3 is 6.18 Å². The number of hydrogen-bond acceptors (Lipinski definition) is 9. The van der Waals surface area contributed by atoms with Crippen molar-refractivity contribution in [3.05, 3.63) is 77.0 Å². The third-order valence-corrected chi connectivity index (χ3v) is 8.49. The highest BCUT2D eigenvalue weighted by Crippen LogP contribution is 2.42. The minimum absolute atomic E-state index is 0.0588. The molecule has 246 valence electrons. The summed E-state index contributed by atoms with van der Waals surface area (Å²) in [5.41, 5.74) is 2.96. The smallest absolute Gasteiger partial charge is 0.432 e. The summed E-state index contributed by atoms with van der Waals surface area (Å²) >= 11 is 1.11. The van der Waals surface area contributed by atoms with Crippen LogP contribution in [-0.4, -0.2) is 67.0 Å². The van der Waals surface area contributed by atoms with E-state index >= 15 is 8.78 Å². The van der Waals surface area contributed by atoms with Crippen LogP contribution in [0.25, 0.3) is 0 Å². The Hall–Kier alpha value is -3.85. The van der Waals surface area contributed by atoms with Crippen molar-refractivity contribution in [3.63, 3.8) is 0 Å². The third kappa shape index (κ3) is 8.06. The molecule has 3 rings (SSSR count). The molecule has 15 heteroatoms. The quantitative estimate of drug-likeness (QED) is 0.0297. The lowest BCUT2D eigenvalue weighted by Crippen LogP contribution is -2.43. The van der Waals surface area contributed by atoms with Crippen molar-refractivity contribution in [2.75, 3.05) is 27.0 Å². The first-order valence-corrected chi connectivity index (χ1v) is 15.0. The van der Waals surface area contributed by atoms with Crippen LogP contribution in [0.4, 0.5) is 22.0 Å². The van der Waals surface area contributed by atoms with Crippen molar-refractivity contribution in [2.45, 2.75) is 50.3 Å². The van der Waals surface area contributed by atoms with Crippen LogP contribution in [0.1, 0.15) is 38.7 Å². The van der Waals surface area contributed by atoms with Gasteiger partial charge in [-0.15, -0.1) is 11.8 Å². The SMILES string of the molecule is CN/N=C(/c1ccc(SCCCCC(/C=C\C(=O)NN)C2=CC=C(OC)C3N(C)C(C(F)(F)F)=CN23)c(F)c1F)C(C)(C)C=O. The Labute approximate surface area is 263 Å². The van der Waals surface area contributed by atoms with Gasteiger partial charge in [0.1, 0.15) is 17.7 Å². The number of unbranched alkanes of at least 4 members (excludes halogenated alkanes) is 1. The molecule has 9 nitrogen and oxygen atoms in total. The molecule has 2 aliphatic heterocycles. The van der Waals surface area contributed by atoms with Gasteiger partial charge in [0.25, 0.3) is 5.91 Å². The molecule has 2 heterocycles. The molecule has 0 fully saturated rings. The minimum Gasteiger partial charge on any atom is -0.497 e. The number of likely N-dealkylation sites (N-methyl/N-ethyl adjacent to an activating group) is 1. The van der Waals surface area contributed by atoms with E-state index in [2.05, 4.69) is 10.5 Å². The van der Waals surface area contributed by atoms with Gasteiger partial charge in [0.15, 0.2) is 17.8 Å². The molecular weight excluding hydrogens is 619 g/mol. The van der Waals surface area contributed by atoms with Crippen LogP contribution in [0, 0.1) is 23.0 Å². The molecule has 0 radical (unpaired) electrons. The molecule has 2 atom stereocenters. The second kappa shape index (κ2) is 15.0. The summed E-state index contributed by atoms with van der Waals surface area (Å²) in [5.74, 6) is 2.69. The van der Waals surface area contributed by atoms with E-state index in [4.69, 9.17) is 10.6 Å². The summed E-state index contributed by atoms with van der Waals surface area (Å²) in [4.78, 5) is 26.1. The Kier molecular flexibility index (Phi) is 11.8. The van der Waals surface area contributed by atoms with Crippen molar-refractivity contribution >= 4 is 29.7 Å². The van der Waals surface area contributed by atoms with Crippen molar-refractivity contribution in [1.29, 1.82) is 0 Å². The van der Waals surface area contributed by atoms with Gasteiger partial charge in [-0.2, -0.15) is 18.3 Å². The number of halogens is 5. The van der Waals surface area contributed by atoms with Crippen LogP contribution < -0.4 is 16.7 Å². The van der Waals surface area contributed by atoms with Crippen LogP contribution >= 0.6 is 11.8 Å². The number of methoxy groups -OCH3 is 1. The van der Waals surface area contributed by atoms with Gasteiger partial charge in [0.2, 0.25) is 0 Å². The number of nitrogens with two attached hydrogens (primary N) is 1. The predicted molar refractivity (Wildman–Crippen MR) is 162 cm³/mol. The van der Waals surface area contributed by atoms with Gasteiger partial charge in [0, 0.05) is 48.4 Å². The number of hydrazine groups is 1. The first-order chi connectivity index (χ1) is 21.2. The van der Waals surface area contributed by atoms with Gasteiger partial charge < -0.3 is 24.8 Å². The molecule has 45 heavy (non-hydrogen) atoms. The summed E-state index contributed by atoms with van der Waals surface area (Å²) in [5, 5.41) is 3.99. The zero-order valence-electron chi connectivity index (χ0n) is 25.5. The molecule has 1 aromatic carbocycles. The molecule has 2 aliphatic rings. The van der Waals surface area contributed by atoms with Gasteiger partial charge in [-0.05, 0) is 56.7 Å². The largest absolute Gasteiger partial charge is 0.497 e. The van der Waals surface area contributed by atoms with Crippen molar-refractivity contribution in [2.24, 2.45) is 22.3 Å². The minimum atomic E-state index is -4.60. The molecule has 2 unspecified atom stereocenters. The Balaban J connectivity index is 1.76. The highest BCUT2D eigenvalue weighted by atomic mass is 32.2. The molecule has 0 aromatic heterocycles. The molecule has 0 bridgehead atoms. The molecule has 0 aliphatic carbocycles. The van der Waals surface area contributed by atoms with Crippen LogP contribution in [0.15, 0.2) is 69.8 Å². The fourth-order valence-corrected chi connectivity index (χ4v) is 5.99. The number of fused-ring (bicyclic) bond motifs is 1. The number of alkyl halides is 3. The van der Waals surface area contributed by atoms with Crippen molar-refractivity contribution in [1.82, 2.24) is 20.7 Å². The predicted octanol–water partition coefficient (Wildman–Crippen LogP) is 4.94. The first kappa shape index (κ1) is 35.6. The second-order valence-corrected chi connectivity index (χ2v) is 12.0. The average Bonchev–Trinajstić information content (AvgIpc) is 3.37.